The average molecular weight is 415 g/mol. The molecule has 3 aromatic carbocycles. The first-order valence-corrected chi connectivity index (χ1v) is 11.0. The van der Waals surface area contributed by atoms with Crippen LogP contribution in [-0.2, 0) is 17.8 Å². The van der Waals surface area contributed by atoms with Crippen molar-refractivity contribution in [3.05, 3.63) is 83.4 Å². The highest BCUT2D eigenvalue weighted by Crippen LogP contribution is 2.24. The van der Waals surface area contributed by atoms with Crippen LogP contribution in [0.2, 0.25) is 0 Å². The van der Waals surface area contributed by atoms with E-state index in [0.717, 1.165) is 50.2 Å². The van der Waals surface area contributed by atoms with Gasteiger partial charge in [0.1, 0.15) is 5.75 Å². The third-order valence-corrected chi connectivity index (χ3v) is 5.91. The molecular formula is C27H30N2O2. The van der Waals surface area contributed by atoms with Crippen LogP contribution in [0.5, 0.6) is 5.75 Å². The van der Waals surface area contributed by atoms with Crippen molar-refractivity contribution in [3.8, 4) is 5.75 Å². The minimum atomic E-state index is -0.0350. The van der Waals surface area contributed by atoms with Crippen molar-refractivity contribution in [3.63, 3.8) is 0 Å². The Morgan fingerprint density at radius 1 is 1.03 bits per heavy atom. The SMILES string of the molecule is COc1ccc2c(c1)CN(CCCCNC(=O)/C=C/c1ccc3ccccc3c1)CC2. The molecule has 160 valence electrons. The van der Waals surface area contributed by atoms with Crippen LogP contribution >= 0.6 is 0 Å². The van der Waals surface area contributed by atoms with E-state index in [1.54, 1.807) is 13.2 Å². The second-order valence-corrected chi connectivity index (χ2v) is 8.10. The second kappa shape index (κ2) is 10.3. The molecule has 0 saturated heterocycles. The van der Waals surface area contributed by atoms with Gasteiger partial charge in [-0.1, -0.05) is 42.5 Å². The fourth-order valence-electron chi connectivity index (χ4n) is 4.12. The molecule has 0 spiro atoms. The number of carbonyl (C=O) groups excluding carboxylic acids is 1. The first-order chi connectivity index (χ1) is 15.2. The largest absolute Gasteiger partial charge is 0.497 e. The Balaban J connectivity index is 1.17. The standard InChI is InChI=1S/C27H30N2O2/c1-31-26-12-11-23-14-17-29(20-25(23)19-26)16-5-4-15-28-27(30)13-9-21-8-10-22-6-2-3-7-24(22)18-21/h2-3,6-13,18-19H,4-5,14-17,20H2,1H3,(H,28,30)/b13-9+. The molecule has 0 aliphatic carbocycles. The quantitative estimate of drug-likeness (QED) is 0.425. The monoisotopic (exact) mass is 414 g/mol. The highest BCUT2D eigenvalue weighted by atomic mass is 16.5. The van der Waals surface area contributed by atoms with Gasteiger partial charge in [-0.3, -0.25) is 9.69 Å². The summed E-state index contributed by atoms with van der Waals surface area (Å²) < 4.78 is 5.35. The number of carbonyl (C=O) groups is 1. The number of rotatable bonds is 8. The van der Waals surface area contributed by atoms with Crippen LogP contribution in [0.1, 0.15) is 29.5 Å². The van der Waals surface area contributed by atoms with Crippen LogP contribution in [0.4, 0.5) is 0 Å². The highest BCUT2D eigenvalue weighted by Gasteiger charge is 2.16. The lowest BCUT2D eigenvalue weighted by Gasteiger charge is -2.29. The van der Waals surface area contributed by atoms with Crippen LogP contribution in [0, 0.1) is 0 Å². The first kappa shape index (κ1) is 21.1. The van der Waals surface area contributed by atoms with Gasteiger partial charge in [0.25, 0.3) is 0 Å². The van der Waals surface area contributed by atoms with Crippen LogP contribution in [-0.4, -0.2) is 37.6 Å². The molecular weight excluding hydrogens is 384 g/mol. The molecule has 1 amide bonds. The number of nitrogens with one attached hydrogen (secondary N) is 1. The molecule has 31 heavy (non-hydrogen) atoms. The summed E-state index contributed by atoms with van der Waals surface area (Å²) in [6.07, 6.45) is 6.65. The van der Waals surface area contributed by atoms with E-state index in [2.05, 4.69) is 46.6 Å². The average Bonchev–Trinajstić information content (AvgIpc) is 2.81. The molecule has 0 bridgehead atoms. The molecule has 0 fully saturated rings. The van der Waals surface area contributed by atoms with Crippen molar-refractivity contribution in [2.75, 3.05) is 26.7 Å². The zero-order chi connectivity index (χ0) is 21.5. The molecule has 0 radical (unpaired) electrons. The minimum absolute atomic E-state index is 0.0350. The number of nitrogens with zero attached hydrogens (tertiary/aromatic N) is 1. The van der Waals surface area contributed by atoms with Gasteiger partial charge >= 0.3 is 0 Å². The van der Waals surface area contributed by atoms with Crippen LogP contribution in [0.25, 0.3) is 16.8 Å². The first-order valence-electron chi connectivity index (χ1n) is 11.0. The summed E-state index contributed by atoms with van der Waals surface area (Å²) in [4.78, 5) is 14.6. The summed E-state index contributed by atoms with van der Waals surface area (Å²) in [5.41, 5.74) is 3.84. The number of unbranched alkanes of at least 4 members (excludes halogenated alkanes) is 1. The van der Waals surface area contributed by atoms with E-state index in [-0.39, 0.29) is 5.91 Å². The molecule has 4 nitrogen and oxygen atoms in total. The van der Waals surface area contributed by atoms with Gasteiger partial charge in [-0.15, -0.1) is 0 Å². The molecule has 4 rings (SSSR count). The lowest BCUT2D eigenvalue weighted by Crippen LogP contribution is -2.32. The van der Waals surface area contributed by atoms with Crippen molar-refractivity contribution in [2.24, 2.45) is 0 Å². The lowest BCUT2D eigenvalue weighted by molar-refractivity contribution is -0.116. The van der Waals surface area contributed by atoms with E-state index in [1.807, 2.05) is 30.3 Å². The molecule has 3 aromatic rings. The number of hydrogen-bond acceptors (Lipinski definition) is 3. The number of methoxy groups -OCH3 is 1. The van der Waals surface area contributed by atoms with E-state index in [1.165, 1.54) is 21.9 Å². The van der Waals surface area contributed by atoms with E-state index in [0.29, 0.717) is 6.54 Å². The van der Waals surface area contributed by atoms with Crippen molar-refractivity contribution in [1.82, 2.24) is 10.2 Å². The van der Waals surface area contributed by atoms with Gasteiger partial charge in [-0.05, 0) is 77.5 Å². The van der Waals surface area contributed by atoms with Gasteiger partial charge in [0.05, 0.1) is 7.11 Å². The molecule has 0 aromatic heterocycles. The summed E-state index contributed by atoms with van der Waals surface area (Å²) >= 11 is 0. The summed E-state index contributed by atoms with van der Waals surface area (Å²) in [5.74, 6) is 0.896. The number of ether oxygens (including phenoxy) is 1. The van der Waals surface area contributed by atoms with Gasteiger partial charge < -0.3 is 10.1 Å². The molecule has 1 aliphatic rings. The topological polar surface area (TPSA) is 41.6 Å². The van der Waals surface area contributed by atoms with Gasteiger partial charge in [-0.2, -0.15) is 0 Å². The van der Waals surface area contributed by atoms with Crippen LogP contribution in [0.15, 0.2) is 66.7 Å². The molecule has 1 aliphatic heterocycles. The van der Waals surface area contributed by atoms with E-state index >= 15 is 0 Å². The van der Waals surface area contributed by atoms with Crippen molar-refractivity contribution in [2.45, 2.75) is 25.8 Å². The third kappa shape index (κ3) is 5.74. The molecule has 4 heteroatoms. The van der Waals surface area contributed by atoms with E-state index in [9.17, 15) is 4.79 Å². The third-order valence-electron chi connectivity index (χ3n) is 5.91. The number of benzene rings is 3. The fraction of sp³-hybridized carbons (Fsp3) is 0.296. The molecule has 0 unspecified atom stereocenters. The maximum absolute atomic E-state index is 12.1. The van der Waals surface area contributed by atoms with Crippen LogP contribution < -0.4 is 10.1 Å². The Morgan fingerprint density at radius 2 is 1.90 bits per heavy atom. The predicted molar refractivity (Wildman–Crippen MR) is 127 cm³/mol. The van der Waals surface area contributed by atoms with E-state index in [4.69, 9.17) is 4.74 Å². The van der Waals surface area contributed by atoms with Gasteiger partial charge in [-0.25, -0.2) is 0 Å². The Labute approximate surface area is 184 Å². The molecule has 0 saturated carbocycles. The zero-order valence-corrected chi connectivity index (χ0v) is 18.1. The highest BCUT2D eigenvalue weighted by molar-refractivity contribution is 5.92. The molecule has 1 N–H and O–H groups in total. The molecule has 0 atom stereocenters. The van der Waals surface area contributed by atoms with Crippen molar-refractivity contribution >= 4 is 22.8 Å². The van der Waals surface area contributed by atoms with Crippen molar-refractivity contribution in [1.29, 1.82) is 0 Å². The Kier molecular flexibility index (Phi) is 7.00. The van der Waals surface area contributed by atoms with Gasteiger partial charge in [0.2, 0.25) is 5.91 Å². The number of hydrogen-bond donors (Lipinski definition) is 1. The van der Waals surface area contributed by atoms with Crippen molar-refractivity contribution < 1.29 is 9.53 Å². The number of fused-ring (bicyclic) bond motifs is 2. The number of amides is 1. The lowest BCUT2D eigenvalue weighted by atomic mass is 9.99. The smallest absolute Gasteiger partial charge is 0.243 e. The summed E-state index contributed by atoms with van der Waals surface area (Å²) in [7, 11) is 1.72. The minimum Gasteiger partial charge on any atom is -0.497 e. The summed E-state index contributed by atoms with van der Waals surface area (Å²) in [6, 6.07) is 20.9. The zero-order valence-electron chi connectivity index (χ0n) is 18.1. The Hall–Kier alpha value is -3.11. The maximum Gasteiger partial charge on any atom is 0.243 e. The van der Waals surface area contributed by atoms with Crippen LogP contribution in [0.3, 0.4) is 0 Å². The van der Waals surface area contributed by atoms with Gasteiger partial charge in [0.15, 0.2) is 0 Å². The Morgan fingerprint density at radius 3 is 2.77 bits per heavy atom. The maximum atomic E-state index is 12.1. The van der Waals surface area contributed by atoms with E-state index < -0.39 is 0 Å². The normalized spacial score (nSPS) is 14.0. The molecule has 1 heterocycles. The predicted octanol–water partition coefficient (Wildman–Crippen LogP) is 4.82. The Bertz CT molecular complexity index is 1070. The summed E-state index contributed by atoms with van der Waals surface area (Å²) in [6.45, 7) is 3.84. The van der Waals surface area contributed by atoms with Gasteiger partial charge in [0, 0.05) is 25.7 Å². The summed E-state index contributed by atoms with van der Waals surface area (Å²) in [5, 5.41) is 5.39. The fourth-order valence-corrected chi connectivity index (χ4v) is 4.12. The second-order valence-electron chi connectivity index (χ2n) is 8.10.